The summed E-state index contributed by atoms with van der Waals surface area (Å²) in [6.07, 6.45) is 90.1. The van der Waals surface area contributed by atoms with Crippen molar-refractivity contribution in [1.29, 1.82) is 0 Å². The first-order chi connectivity index (χ1) is 52.7. The standard InChI is InChI=1S/C89H154O17P2/c1-5-9-13-17-21-25-29-33-37-40-41-44-47-50-54-58-62-66-70-74-87(92)100-80-85(106-89(94)76-72-68-64-60-56-52-48-43-39-35-31-27-23-19-15-11-7-3)82-104-108(97,98)102-78-83(90)77-101-107(95,96)103-81-84(105-88(93)75-71-67-63-59-55-51-45-36-32-28-24-20-16-12-8-4)79-99-86(91)73-69-65-61-57-53-49-46-42-38-34-30-26-22-18-14-10-6-2/h10-11,14-15,21-23,25-27,33-35,37-39,41,44,48,52,83-85,90H,5-9,12-13,16-20,24,28-32,36,40,42-43,45-47,49-51,53-82H2,1-4H3,(H,95,96)(H,97,98)/b14-10-,15-11-,25-21-,26-22-,27-23-,37-33-,38-34-,39-35-,44-41-,52-48-. The van der Waals surface area contributed by atoms with E-state index in [1.54, 1.807) is 0 Å². The van der Waals surface area contributed by atoms with Crippen molar-refractivity contribution in [3.63, 3.8) is 0 Å². The van der Waals surface area contributed by atoms with E-state index in [4.69, 9.17) is 37.0 Å². The quantitative estimate of drug-likeness (QED) is 0.0169. The summed E-state index contributed by atoms with van der Waals surface area (Å²) in [5, 5.41) is 10.7. The Labute approximate surface area is 657 Å². The normalized spacial score (nSPS) is 14.4. The lowest BCUT2D eigenvalue weighted by atomic mass is 10.0. The maximum Gasteiger partial charge on any atom is 0.472 e. The highest BCUT2D eigenvalue weighted by Crippen LogP contribution is 2.45. The first kappa shape index (κ1) is 103. The molecule has 0 aromatic carbocycles. The third-order valence-corrected chi connectivity index (χ3v) is 19.8. The summed E-state index contributed by atoms with van der Waals surface area (Å²) in [6.45, 7) is 4.63. The van der Waals surface area contributed by atoms with Gasteiger partial charge in [0, 0.05) is 25.7 Å². The van der Waals surface area contributed by atoms with Crippen molar-refractivity contribution in [2.75, 3.05) is 39.6 Å². The summed E-state index contributed by atoms with van der Waals surface area (Å²) >= 11 is 0. The molecule has 0 heterocycles. The highest BCUT2D eigenvalue weighted by Gasteiger charge is 2.30. The molecule has 0 aromatic heterocycles. The molecule has 17 nitrogen and oxygen atoms in total. The van der Waals surface area contributed by atoms with Crippen LogP contribution in [0.3, 0.4) is 0 Å². The van der Waals surface area contributed by atoms with Gasteiger partial charge in [-0.3, -0.25) is 37.3 Å². The van der Waals surface area contributed by atoms with Gasteiger partial charge >= 0.3 is 39.5 Å². The lowest BCUT2D eigenvalue weighted by molar-refractivity contribution is -0.161. The van der Waals surface area contributed by atoms with Gasteiger partial charge in [-0.15, -0.1) is 0 Å². The molecule has 0 aliphatic carbocycles. The lowest BCUT2D eigenvalue weighted by Gasteiger charge is -2.21. The highest BCUT2D eigenvalue weighted by molar-refractivity contribution is 7.47. The van der Waals surface area contributed by atoms with Gasteiger partial charge in [-0.1, -0.05) is 323 Å². The van der Waals surface area contributed by atoms with Gasteiger partial charge in [0.05, 0.1) is 26.4 Å². The van der Waals surface area contributed by atoms with Crippen LogP contribution in [0.5, 0.6) is 0 Å². The van der Waals surface area contributed by atoms with Crippen LogP contribution in [0.4, 0.5) is 0 Å². The molecule has 0 saturated carbocycles. The number of hydrogen-bond donors (Lipinski definition) is 3. The summed E-state index contributed by atoms with van der Waals surface area (Å²) in [5.41, 5.74) is 0. The molecule has 3 N–H and O–H groups in total. The third-order valence-electron chi connectivity index (χ3n) is 17.9. The van der Waals surface area contributed by atoms with Crippen LogP contribution in [-0.4, -0.2) is 96.7 Å². The Bertz CT molecular complexity index is 2520. The van der Waals surface area contributed by atoms with Crippen molar-refractivity contribution in [1.82, 2.24) is 0 Å². The molecular weight excluding hydrogens is 1400 g/mol. The van der Waals surface area contributed by atoms with Crippen LogP contribution >= 0.6 is 15.6 Å². The number of carbonyl (C=O) groups is 4. The Morgan fingerprint density at radius 1 is 0.269 bits per heavy atom. The van der Waals surface area contributed by atoms with Gasteiger partial charge in [0.25, 0.3) is 0 Å². The monoisotopic (exact) mass is 1560 g/mol. The van der Waals surface area contributed by atoms with E-state index >= 15 is 0 Å². The van der Waals surface area contributed by atoms with Gasteiger partial charge in [-0.25, -0.2) is 9.13 Å². The summed E-state index contributed by atoms with van der Waals surface area (Å²) in [4.78, 5) is 73.3. The molecule has 5 atom stereocenters. The summed E-state index contributed by atoms with van der Waals surface area (Å²) in [7, 11) is -9.98. The lowest BCUT2D eigenvalue weighted by Crippen LogP contribution is -2.30. The Balaban J connectivity index is 5.40. The average molecular weight is 1560 g/mol. The number of hydrogen-bond acceptors (Lipinski definition) is 15. The van der Waals surface area contributed by atoms with Crippen LogP contribution in [-0.2, 0) is 65.4 Å². The Kier molecular flexibility index (Phi) is 77.1. The first-order valence-electron chi connectivity index (χ1n) is 42.8. The van der Waals surface area contributed by atoms with Crippen LogP contribution in [0.25, 0.3) is 0 Å². The van der Waals surface area contributed by atoms with Gasteiger partial charge in [-0.05, 0) is 135 Å². The Morgan fingerprint density at radius 2 is 0.481 bits per heavy atom. The second kappa shape index (κ2) is 80.5. The molecule has 19 heteroatoms. The molecule has 108 heavy (non-hydrogen) atoms. The largest absolute Gasteiger partial charge is 0.472 e. The third kappa shape index (κ3) is 79.5. The number of esters is 4. The molecule has 0 rings (SSSR count). The number of carbonyl (C=O) groups excluding carboxylic acids is 4. The SMILES string of the molecule is CC/C=C\C/C=C\C/C=C\C/C=C\CCCCCCC(=O)OC(COC(=O)CCCCCCCC/C=C\C/C=C\C/C=C\CCCCC)COP(=O)(O)OCC(O)COP(=O)(O)OCC(COC(=O)CCCCCCCCC/C=C\C/C=C\C/C=C\CC)OC(=O)CCCCCCCCCCCCCCCCC. The van der Waals surface area contributed by atoms with E-state index in [1.165, 1.54) is 83.5 Å². The fourth-order valence-electron chi connectivity index (χ4n) is 11.5. The molecule has 0 aliphatic rings. The van der Waals surface area contributed by atoms with E-state index in [2.05, 4.69) is 149 Å². The summed E-state index contributed by atoms with van der Waals surface area (Å²) in [5.74, 6) is -2.21. The minimum Gasteiger partial charge on any atom is -0.462 e. The second-order valence-corrected chi connectivity index (χ2v) is 31.3. The van der Waals surface area contributed by atoms with Crippen molar-refractivity contribution in [2.45, 2.75) is 380 Å². The van der Waals surface area contributed by atoms with Crippen molar-refractivity contribution < 1.29 is 80.2 Å². The van der Waals surface area contributed by atoms with Gasteiger partial charge < -0.3 is 33.8 Å². The van der Waals surface area contributed by atoms with Crippen LogP contribution in [0, 0.1) is 0 Å². The molecule has 0 bridgehead atoms. The van der Waals surface area contributed by atoms with Gasteiger partial charge in [0.15, 0.2) is 12.2 Å². The maximum absolute atomic E-state index is 13.1. The van der Waals surface area contributed by atoms with Crippen molar-refractivity contribution in [3.8, 4) is 0 Å². The molecule has 622 valence electrons. The zero-order valence-corrected chi connectivity index (χ0v) is 70.0. The van der Waals surface area contributed by atoms with E-state index in [-0.39, 0.29) is 25.7 Å². The number of phosphoric ester groups is 2. The fourth-order valence-corrected chi connectivity index (χ4v) is 13.0. The number of rotatable bonds is 80. The van der Waals surface area contributed by atoms with Crippen LogP contribution in [0.1, 0.15) is 362 Å². The van der Waals surface area contributed by atoms with Gasteiger partial charge in [-0.2, -0.15) is 0 Å². The number of aliphatic hydroxyl groups excluding tert-OH is 1. The first-order valence-corrected chi connectivity index (χ1v) is 45.8. The van der Waals surface area contributed by atoms with Crippen LogP contribution < -0.4 is 0 Å². The summed E-state index contributed by atoms with van der Waals surface area (Å²) in [6, 6.07) is 0. The van der Waals surface area contributed by atoms with E-state index in [0.29, 0.717) is 25.7 Å². The fraction of sp³-hybridized carbons (Fsp3) is 0.730. The maximum atomic E-state index is 13.1. The van der Waals surface area contributed by atoms with E-state index in [1.807, 2.05) is 0 Å². The molecule has 0 aromatic rings. The smallest absolute Gasteiger partial charge is 0.462 e. The van der Waals surface area contributed by atoms with Gasteiger partial charge in [0.1, 0.15) is 19.3 Å². The average Bonchev–Trinajstić information content (AvgIpc) is 0.900. The topological polar surface area (TPSA) is 237 Å². The minimum atomic E-state index is -4.99. The predicted octanol–water partition coefficient (Wildman–Crippen LogP) is 25.5. The number of ether oxygens (including phenoxy) is 4. The van der Waals surface area contributed by atoms with Crippen molar-refractivity contribution in [2.24, 2.45) is 0 Å². The molecule has 0 saturated heterocycles. The van der Waals surface area contributed by atoms with Crippen molar-refractivity contribution in [3.05, 3.63) is 122 Å². The molecule has 0 spiro atoms. The van der Waals surface area contributed by atoms with Crippen molar-refractivity contribution >= 4 is 39.5 Å². The minimum absolute atomic E-state index is 0.0624. The highest BCUT2D eigenvalue weighted by atomic mass is 31.2. The second-order valence-electron chi connectivity index (χ2n) is 28.4. The molecular formula is C89H154O17P2. The molecule has 0 fully saturated rings. The zero-order chi connectivity index (χ0) is 78.9. The predicted molar refractivity (Wildman–Crippen MR) is 445 cm³/mol. The number of unbranched alkanes of at least 4 members (excludes halogenated alkanes) is 34. The van der Waals surface area contributed by atoms with Crippen LogP contribution in [0.2, 0.25) is 0 Å². The zero-order valence-electron chi connectivity index (χ0n) is 68.2. The molecule has 5 unspecified atom stereocenters. The number of allylic oxidation sites excluding steroid dienone is 20. The Morgan fingerprint density at radius 3 is 0.759 bits per heavy atom. The van der Waals surface area contributed by atoms with E-state index < -0.39 is 97.5 Å². The molecule has 0 radical (unpaired) electrons. The molecule has 0 aliphatic heterocycles. The van der Waals surface area contributed by atoms with Crippen LogP contribution in [0.15, 0.2) is 122 Å². The number of phosphoric acid groups is 2. The Hall–Kier alpha value is -4.54. The van der Waals surface area contributed by atoms with E-state index in [0.717, 1.165) is 199 Å². The van der Waals surface area contributed by atoms with Gasteiger partial charge in [0.2, 0.25) is 0 Å². The molecule has 0 amide bonds. The summed E-state index contributed by atoms with van der Waals surface area (Å²) < 4.78 is 68.8. The van der Waals surface area contributed by atoms with E-state index in [9.17, 15) is 43.2 Å². The number of aliphatic hydroxyl groups is 1.